The highest BCUT2D eigenvalue weighted by Gasteiger charge is 2.20. The molecular formula is C14H18N4O. The molecule has 19 heavy (non-hydrogen) atoms. The Hall–Kier alpha value is -1.88. The number of pyridine rings is 1. The molecular weight excluding hydrogens is 240 g/mol. The summed E-state index contributed by atoms with van der Waals surface area (Å²) in [7, 11) is 0. The van der Waals surface area contributed by atoms with E-state index in [1.54, 1.807) is 17.1 Å². The van der Waals surface area contributed by atoms with E-state index in [2.05, 4.69) is 22.3 Å². The van der Waals surface area contributed by atoms with Crippen LogP contribution in [0.2, 0.25) is 0 Å². The van der Waals surface area contributed by atoms with E-state index in [4.69, 9.17) is 4.74 Å². The summed E-state index contributed by atoms with van der Waals surface area (Å²) in [6.07, 6.45) is 7.81. The first kappa shape index (κ1) is 12.2. The molecule has 100 valence electrons. The summed E-state index contributed by atoms with van der Waals surface area (Å²) in [5, 5.41) is 7.81. The molecule has 5 nitrogen and oxygen atoms in total. The van der Waals surface area contributed by atoms with Crippen molar-refractivity contribution in [3.63, 3.8) is 0 Å². The van der Waals surface area contributed by atoms with Gasteiger partial charge in [0.15, 0.2) is 5.82 Å². The van der Waals surface area contributed by atoms with E-state index in [0.717, 1.165) is 31.0 Å². The fourth-order valence-electron chi connectivity index (χ4n) is 2.44. The highest BCUT2D eigenvalue weighted by molar-refractivity contribution is 5.56. The quantitative estimate of drug-likeness (QED) is 0.917. The van der Waals surface area contributed by atoms with E-state index in [-0.39, 0.29) is 0 Å². The van der Waals surface area contributed by atoms with Crippen molar-refractivity contribution in [1.82, 2.24) is 14.8 Å². The summed E-state index contributed by atoms with van der Waals surface area (Å²) in [4.78, 5) is 4.41. The lowest BCUT2D eigenvalue weighted by Gasteiger charge is -2.29. The normalized spacial score (nSPS) is 23.2. The minimum atomic E-state index is 0.316. The molecule has 3 rings (SSSR count). The zero-order chi connectivity index (χ0) is 13.1. The lowest BCUT2D eigenvalue weighted by molar-refractivity contribution is 0.0232. The average molecular weight is 258 g/mol. The molecule has 0 aromatic carbocycles. The Labute approximate surface area is 112 Å². The van der Waals surface area contributed by atoms with Gasteiger partial charge in [0.2, 0.25) is 0 Å². The number of anilines is 1. The molecule has 0 bridgehead atoms. The molecule has 1 N–H and O–H groups in total. The van der Waals surface area contributed by atoms with Crippen molar-refractivity contribution in [3.8, 4) is 5.82 Å². The Bertz CT molecular complexity index is 526. The number of nitrogens with zero attached hydrogens (tertiary/aromatic N) is 3. The molecule has 1 fully saturated rings. The van der Waals surface area contributed by atoms with Crippen LogP contribution in [0.3, 0.4) is 0 Å². The number of aromatic nitrogens is 3. The maximum absolute atomic E-state index is 5.58. The van der Waals surface area contributed by atoms with Crippen LogP contribution < -0.4 is 5.32 Å². The molecule has 1 aliphatic rings. The van der Waals surface area contributed by atoms with Gasteiger partial charge in [-0.1, -0.05) is 0 Å². The largest absolute Gasteiger partial charge is 0.379 e. The smallest absolute Gasteiger partial charge is 0.176 e. The van der Waals surface area contributed by atoms with E-state index >= 15 is 0 Å². The zero-order valence-electron chi connectivity index (χ0n) is 11.0. The molecule has 3 heterocycles. The summed E-state index contributed by atoms with van der Waals surface area (Å²) >= 11 is 0. The van der Waals surface area contributed by atoms with Crippen LogP contribution in [0, 0.1) is 0 Å². The molecule has 2 aromatic rings. The van der Waals surface area contributed by atoms with Crippen molar-refractivity contribution in [3.05, 3.63) is 36.8 Å². The van der Waals surface area contributed by atoms with E-state index in [9.17, 15) is 0 Å². The third-order valence-corrected chi connectivity index (χ3v) is 3.35. The molecule has 1 saturated heterocycles. The molecule has 5 heteroatoms. The second-order valence-corrected chi connectivity index (χ2v) is 4.87. The fourth-order valence-corrected chi connectivity index (χ4v) is 2.44. The average Bonchev–Trinajstić information content (AvgIpc) is 2.93. The van der Waals surface area contributed by atoms with Crippen molar-refractivity contribution in [2.45, 2.75) is 31.9 Å². The Morgan fingerprint density at radius 3 is 3.11 bits per heavy atom. The van der Waals surface area contributed by atoms with E-state index in [1.807, 2.05) is 24.4 Å². The minimum Gasteiger partial charge on any atom is -0.379 e. The van der Waals surface area contributed by atoms with Crippen LogP contribution in [0.4, 0.5) is 5.69 Å². The monoisotopic (exact) mass is 258 g/mol. The lowest BCUT2D eigenvalue weighted by atomic mass is 10.0. The highest BCUT2D eigenvalue weighted by atomic mass is 16.5. The van der Waals surface area contributed by atoms with Crippen molar-refractivity contribution in [2.75, 3.05) is 11.9 Å². The van der Waals surface area contributed by atoms with Gasteiger partial charge in [-0.2, -0.15) is 5.10 Å². The number of hydrogen-bond donors (Lipinski definition) is 1. The van der Waals surface area contributed by atoms with Gasteiger partial charge in [0, 0.05) is 31.2 Å². The summed E-state index contributed by atoms with van der Waals surface area (Å²) in [5.41, 5.74) is 1.02. The van der Waals surface area contributed by atoms with Crippen molar-refractivity contribution in [1.29, 1.82) is 0 Å². The SMILES string of the molecule is CC1CC(Nc2cccnc2-n2cccn2)CCO1. The third-order valence-electron chi connectivity index (χ3n) is 3.35. The molecule has 0 saturated carbocycles. The number of nitrogens with one attached hydrogen (secondary N) is 1. The Kier molecular flexibility index (Phi) is 3.46. The van der Waals surface area contributed by atoms with Gasteiger partial charge in [0.1, 0.15) is 0 Å². The first-order valence-electron chi connectivity index (χ1n) is 6.66. The maximum Gasteiger partial charge on any atom is 0.176 e. The second-order valence-electron chi connectivity index (χ2n) is 4.87. The molecule has 0 spiro atoms. The first-order valence-corrected chi connectivity index (χ1v) is 6.66. The molecule has 1 aliphatic heterocycles. The van der Waals surface area contributed by atoms with Gasteiger partial charge in [-0.25, -0.2) is 9.67 Å². The summed E-state index contributed by atoms with van der Waals surface area (Å²) in [6.45, 7) is 2.93. The highest BCUT2D eigenvalue weighted by Crippen LogP contribution is 2.22. The summed E-state index contributed by atoms with van der Waals surface area (Å²) in [5.74, 6) is 0.839. The van der Waals surface area contributed by atoms with Gasteiger partial charge in [-0.3, -0.25) is 0 Å². The van der Waals surface area contributed by atoms with Crippen molar-refractivity contribution in [2.24, 2.45) is 0 Å². The van der Waals surface area contributed by atoms with Gasteiger partial charge in [0.05, 0.1) is 11.8 Å². The third kappa shape index (κ3) is 2.76. The Morgan fingerprint density at radius 1 is 1.37 bits per heavy atom. The molecule has 2 atom stereocenters. The number of hydrogen-bond acceptors (Lipinski definition) is 4. The first-order chi connectivity index (χ1) is 9.33. The molecule has 0 radical (unpaired) electrons. The maximum atomic E-state index is 5.58. The van der Waals surface area contributed by atoms with Gasteiger partial charge >= 0.3 is 0 Å². The van der Waals surface area contributed by atoms with Gasteiger partial charge < -0.3 is 10.1 Å². The van der Waals surface area contributed by atoms with Crippen LogP contribution in [0.25, 0.3) is 5.82 Å². The van der Waals surface area contributed by atoms with Crippen LogP contribution in [-0.4, -0.2) is 33.5 Å². The standard InChI is InChI=1S/C14H18N4O/c1-11-10-12(5-9-19-11)17-13-4-2-6-15-14(13)18-8-3-7-16-18/h2-4,6-8,11-12,17H,5,9-10H2,1H3. The minimum absolute atomic E-state index is 0.316. The molecule has 2 aromatic heterocycles. The fraction of sp³-hybridized carbons (Fsp3) is 0.429. The van der Waals surface area contributed by atoms with Gasteiger partial charge in [-0.15, -0.1) is 0 Å². The van der Waals surface area contributed by atoms with E-state index in [0.29, 0.717) is 12.1 Å². The molecule has 2 unspecified atom stereocenters. The van der Waals surface area contributed by atoms with Crippen LogP contribution in [0.15, 0.2) is 36.8 Å². The number of rotatable bonds is 3. The van der Waals surface area contributed by atoms with Crippen LogP contribution in [0.1, 0.15) is 19.8 Å². The molecule has 0 amide bonds. The van der Waals surface area contributed by atoms with E-state index in [1.165, 1.54) is 0 Å². The second kappa shape index (κ2) is 5.40. The van der Waals surface area contributed by atoms with Crippen LogP contribution in [0.5, 0.6) is 0 Å². The summed E-state index contributed by atoms with van der Waals surface area (Å²) < 4.78 is 7.36. The van der Waals surface area contributed by atoms with Crippen molar-refractivity contribution < 1.29 is 4.74 Å². The predicted molar refractivity (Wildman–Crippen MR) is 73.4 cm³/mol. The Balaban J connectivity index is 1.81. The van der Waals surface area contributed by atoms with Crippen LogP contribution in [-0.2, 0) is 4.74 Å². The topological polar surface area (TPSA) is 52.0 Å². The Morgan fingerprint density at radius 2 is 2.32 bits per heavy atom. The lowest BCUT2D eigenvalue weighted by Crippen LogP contribution is -2.32. The zero-order valence-corrected chi connectivity index (χ0v) is 11.0. The summed E-state index contributed by atoms with van der Waals surface area (Å²) in [6, 6.07) is 6.32. The predicted octanol–water partition coefficient (Wildman–Crippen LogP) is 2.25. The van der Waals surface area contributed by atoms with Gasteiger partial charge in [0.25, 0.3) is 0 Å². The number of ether oxygens (including phenoxy) is 1. The van der Waals surface area contributed by atoms with Crippen LogP contribution >= 0.6 is 0 Å². The van der Waals surface area contributed by atoms with Gasteiger partial charge in [-0.05, 0) is 38.0 Å². The van der Waals surface area contributed by atoms with Crippen molar-refractivity contribution >= 4 is 5.69 Å². The van der Waals surface area contributed by atoms with E-state index < -0.39 is 0 Å². The molecule has 0 aliphatic carbocycles.